The van der Waals surface area contributed by atoms with Gasteiger partial charge in [-0.25, -0.2) is 0 Å². The van der Waals surface area contributed by atoms with Crippen LogP contribution in [-0.2, 0) is 0 Å². The zero-order valence-corrected chi connectivity index (χ0v) is 7.54. The molecule has 0 saturated carbocycles. The van der Waals surface area contributed by atoms with Gasteiger partial charge in [0.1, 0.15) is 0 Å². The fourth-order valence-electron chi connectivity index (χ4n) is 1.26. The molecule has 0 aromatic rings. The van der Waals surface area contributed by atoms with Crippen LogP contribution in [-0.4, -0.2) is 33.8 Å². The standard InChI is InChI=1S/C6H12INO/c7-5-8-3-1-2-6(8)4-9/h6,9H,1-5H2/t6-/m0/s1. The number of hydrogen-bond donors (Lipinski definition) is 1. The maximum Gasteiger partial charge on any atom is 0.0587 e. The molecule has 54 valence electrons. The number of alkyl halides is 1. The van der Waals surface area contributed by atoms with Gasteiger partial charge >= 0.3 is 0 Å². The van der Waals surface area contributed by atoms with Crippen molar-refractivity contribution >= 4 is 22.6 Å². The molecule has 9 heavy (non-hydrogen) atoms. The Morgan fingerprint density at radius 2 is 2.44 bits per heavy atom. The van der Waals surface area contributed by atoms with E-state index >= 15 is 0 Å². The summed E-state index contributed by atoms with van der Waals surface area (Å²) >= 11 is 2.34. The molecule has 0 amide bonds. The molecular weight excluding hydrogens is 229 g/mol. The Morgan fingerprint density at radius 1 is 1.67 bits per heavy atom. The molecule has 0 radical (unpaired) electrons. The van der Waals surface area contributed by atoms with E-state index in [0.717, 1.165) is 4.55 Å². The van der Waals surface area contributed by atoms with Crippen molar-refractivity contribution in [2.75, 3.05) is 17.7 Å². The summed E-state index contributed by atoms with van der Waals surface area (Å²) in [5.74, 6) is 0. The quantitative estimate of drug-likeness (QED) is 0.440. The molecule has 1 aliphatic rings. The van der Waals surface area contributed by atoms with Crippen LogP contribution >= 0.6 is 22.6 Å². The molecule has 1 heterocycles. The van der Waals surface area contributed by atoms with E-state index < -0.39 is 0 Å². The summed E-state index contributed by atoms with van der Waals surface area (Å²) in [6.45, 7) is 1.51. The van der Waals surface area contributed by atoms with E-state index in [2.05, 4.69) is 27.5 Å². The highest BCUT2D eigenvalue weighted by molar-refractivity contribution is 14.1. The summed E-state index contributed by atoms with van der Waals surface area (Å²) in [7, 11) is 0. The van der Waals surface area contributed by atoms with Gasteiger partial charge in [0.2, 0.25) is 0 Å². The van der Waals surface area contributed by atoms with Crippen LogP contribution in [0, 0.1) is 0 Å². The molecule has 0 bridgehead atoms. The fourth-order valence-corrected chi connectivity index (χ4v) is 2.16. The van der Waals surface area contributed by atoms with Gasteiger partial charge < -0.3 is 5.11 Å². The summed E-state index contributed by atoms with van der Waals surface area (Å²) in [4.78, 5) is 2.32. The van der Waals surface area contributed by atoms with Crippen LogP contribution in [0.25, 0.3) is 0 Å². The molecule has 1 atom stereocenters. The lowest BCUT2D eigenvalue weighted by Gasteiger charge is -2.18. The van der Waals surface area contributed by atoms with E-state index in [1.54, 1.807) is 0 Å². The van der Waals surface area contributed by atoms with Gasteiger partial charge in [0.15, 0.2) is 0 Å². The second kappa shape index (κ2) is 3.73. The summed E-state index contributed by atoms with van der Waals surface area (Å²) in [6, 6.07) is 0.460. The lowest BCUT2D eigenvalue weighted by Crippen LogP contribution is -2.30. The predicted molar refractivity (Wildman–Crippen MR) is 45.7 cm³/mol. The van der Waals surface area contributed by atoms with Gasteiger partial charge in [-0.1, -0.05) is 22.6 Å². The van der Waals surface area contributed by atoms with Crippen molar-refractivity contribution in [2.45, 2.75) is 18.9 Å². The number of likely N-dealkylation sites (tertiary alicyclic amines) is 1. The van der Waals surface area contributed by atoms with Crippen LogP contribution in [0.5, 0.6) is 0 Å². The molecule has 1 fully saturated rings. The zero-order chi connectivity index (χ0) is 6.69. The van der Waals surface area contributed by atoms with E-state index in [9.17, 15) is 0 Å². The summed E-state index contributed by atoms with van der Waals surface area (Å²) in [6.07, 6.45) is 2.44. The predicted octanol–water partition coefficient (Wildman–Crippen LogP) is 0.836. The van der Waals surface area contributed by atoms with Gasteiger partial charge in [0, 0.05) is 6.04 Å². The third-order valence-corrected chi connectivity index (χ3v) is 2.74. The minimum absolute atomic E-state index is 0.336. The molecule has 0 spiro atoms. The highest BCUT2D eigenvalue weighted by atomic mass is 127. The van der Waals surface area contributed by atoms with Crippen LogP contribution in [0.15, 0.2) is 0 Å². The maximum absolute atomic E-state index is 8.82. The average molecular weight is 241 g/mol. The second-order valence-corrected chi connectivity index (χ2v) is 3.09. The van der Waals surface area contributed by atoms with E-state index in [4.69, 9.17) is 5.11 Å². The second-order valence-electron chi connectivity index (χ2n) is 2.41. The Morgan fingerprint density at radius 3 is 2.89 bits per heavy atom. The first-order valence-corrected chi connectivity index (χ1v) is 4.82. The molecule has 0 aromatic heterocycles. The Bertz CT molecular complexity index is 79.1. The highest BCUT2D eigenvalue weighted by Crippen LogP contribution is 2.16. The molecule has 3 heteroatoms. The monoisotopic (exact) mass is 241 g/mol. The summed E-state index contributed by atoms with van der Waals surface area (Å²) < 4.78 is 1.06. The Kier molecular flexibility index (Phi) is 3.21. The zero-order valence-electron chi connectivity index (χ0n) is 5.39. The Balaban J connectivity index is 2.32. The number of aliphatic hydroxyl groups excluding tert-OH is 1. The largest absolute Gasteiger partial charge is 0.395 e. The summed E-state index contributed by atoms with van der Waals surface area (Å²) in [5.41, 5.74) is 0. The Hall–Kier alpha value is 0.650. The van der Waals surface area contributed by atoms with Gasteiger partial charge in [0.25, 0.3) is 0 Å². The fraction of sp³-hybridized carbons (Fsp3) is 1.00. The van der Waals surface area contributed by atoms with Crippen LogP contribution in [0.1, 0.15) is 12.8 Å². The van der Waals surface area contributed by atoms with Gasteiger partial charge in [-0.3, -0.25) is 4.90 Å². The molecule has 0 aromatic carbocycles. The summed E-state index contributed by atoms with van der Waals surface area (Å²) in [5, 5.41) is 8.82. The third kappa shape index (κ3) is 1.78. The van der Waals surface area contributed by atoms with Crippen molar-refractivity contribution in [3.8, 4) is 0 Å². The van der Waals surface area contributed by atoms with Crippen molar-refractivity contribution in [3.05, 3.63) is 0 Å². The van der Waals surface area contributed by atoms with E-state index in [1.165, 1.54) is 19.4 Å². The van der Waals surface area contributed by atoms with Crippen molar-refractivity contribution < 1.29 is 5.11 Å². The van der Waals surface area contributed by atoms with Gasteiger partial charge in [-0.05, 0) is 19.4 Å². The van der Waals surface area contributed by atoms with Crippen molar-refractivity contribution in [1.82, 2.24) is 4.90 Å². The minimum atomic E-state index is 0.336. The SMILES string of the molecule is OC[C@@H]1CCCN1CI. The van der Waals surface area contributed by atoms with E-state index in [1.807, 2.05) is 0 Å². The van der Waals surface area contributed by atoms with E-state index in [0.29, 0.717) is 12.6 Å². The van der Waals surface area contributed by atoms with Gasteiger partial charge in [-0.15, -0.1) is 0 Å². The normalized spacial score (nSPS) is 29.3. The van der Waals surface area contributed by atoms with Gasteiger partial charge in [-0.2, -0.15) is 0 Å². The van der Waals surface area contributed by atoms with E-state index in [-0.39, 0.29) is 0 Å². The van der Waals surface area contributed by atoms with Crippen molar-refractivity contribution in [1.29, 1.82) is 0 Å². The van der Waals surface area contributed by atoms with Crippen molar-refractivity contribution in [3.63, 3.8) is 0 Å². The van der Waals surface area contributed by atoms with Crippen molar-refractivity contribution in [2.24, 2.45) is 0 Å². The first-order valence-electron chi connectivity index (χ1n) is 3.29. The molecule has 0 aliphatic carbocycles. The third-order valence-electron chi connectivity index (χ3n) is 1.86. The number of rotatable bonds is 2. The van der Waals surface area contributed by atoms with Crippen LogP contribution in [0.3, 0.4) is 0 Å². The molecule has 1 aliphatic heterocycles. The molecule has 2 nitrogen and oxygen atoms in total. The first kappa shape index (κ1) is 7.75. The number of hydrogen-bond acceptors (Lipinski definition) is 2. The minimum Gasteiger partial charge on any atom is -0.395 e. The van der Waals surface area contributed by atoms with Crippen LogP contribution in [0.2, 0.25) is 0 Å². The van der Waals surface area contributed by atoms with Crippen LogP contribution < -0.4 is 0 Å². The molecule has 0 unspecified atom stereocenters. The lowest BCUT2D eigenvalue weighted by atomic mass is 10.2. The number of nitrogens with zero attached hydrogens (tertiary/aromatic N) is 1. The number of halogens is 1. The molecular formula is C6H12INO. The van der Waals surface area contributed by atoms with Crippen LogP contribution in [0.4, 0.5) is 0 Å². The molecule has 1 saturated heterocycles. The topological polar surface area (TPSA) is 23.5 Å². The average Bonchev–Trinajstić information content (AvgIpc) is 2.33. The Labute approximate surface area is 69.4 Å². The first-order chi connectivity index (χ1) is 4.38. The molecule has 1 N–H and O–H groups in total. The highest BCUT2D eigenvalue weighted by Gasteiger charge is 2.21. The lowest BCUT2D eigenvalue weighted by molar-refractivity contribution is 0.179. The number of aliphatic hydroxyl groups is 1. The molecule has 1 rings (SSSR count). The maximum atomic E-state index is 8.82. The van der Waals surface area contributed by atoms with Gasteiger partial charge in [0.05, 0.1) is 11.2 Å². The smallest absolute Gasteiger partial charge is 0.0587 e.